The molecule has 6 nitrogen and oxygen atoms in total. The third kappa shape index (κ3) is 52.2. The topological polar surface area (TPSA) is 78.9 Å². The van der Waals surface area contributed by atoms with Gasteiger partial charge in [-0.15, -0.1) is 0 Å². The molecule has 1 unspecified atom stereocenters. The van der Waals surface area contributed by atoms with Gasteiger partial charge >= 0.3 is 17.9 Å². The Morgan fingerprint density at radius 1 is 0.323 bits per heavy atom. The lowest BCUT2D eigenvalue weighted by Crippen LogP contribution is -2.30. The molecular weight excluding hydrogens is 805 g/mol. The molecule has 65 heavy (non-hydrogen) atoms. The van der Waals surface area contributed by atoms with Crippen molar-refractivity contribution in [1.82, 2.24) is 0 Å². The van der Waals surface area contributed by atoms with Gasteiger partial charge in [0, 0.05) is 19.3 Å². The van der Waals surface area contributed by atoms with Crippen LogP contribution in [-0.2, 0) is 28.6 Å². The van der Waals surface area contributed by atoms with Crippen molar-refractivity contribution in [2.75, 3.05) is 13.2 Å². The maximum Gasteiger partial charge on any atom is 0.306 e. The molecule has 0 spiro atoms. The molecule has 0 rings (SSSR count). The maximum atomic E-state index is 12.8. The quantitative estimate of drug-likeness (QED) is 0.0262. The minimum atomic E-state index is -0.776. The second-order valence-corrected chi connectivity index (χ2v) is 18.8. The lowest BCUT2D eigenvalue weighted by molar-refractivity contribution is -0.167. The lowest BCUT2D eigenvalue weighted by Gasteiger charge is -2.18. The van der Waals surface area contributed by atoms with E-state index in [2.05, 4.69) is 69.4 Å². The van der Waals surface area contributed by atoms with E-state index < -0.39 is 6.10 Å². The Balaban J connectivity index is 4.24. The van der Waals surface area contributed by atoms with E-state index in [1.54, 1.807) is 0 Å². The van der Waals surface area contributed by atoms with Crippen LogP contribution in [0.4, 0.5) is 0 Å². The zero-order valence-corrected chi connectivity index (χ0v) is 43.3. The fourth-order valence-corrected chi connectivity index (χ4v) is 8.14. The monoisotopic (exact) mass is 911 g/mol. The van der Waals surface area contributed by atoms with Crippen molar-refractivity contribution in [3.8, 4) is 0 Å². The number of rotatable bonds is 51. The zero-order chi connectivity index (χ0) is 47.2. The minimum Gasteiger partial charge on any atom is -0.462 e. The molecule has 0 aromatic heterocycles. The molecule has 0 saturated heterocycles. The number of carbonyl (C=O) groups is 3. The molecule has 0 saturated carbocycles. The van der Waals surface area contributed by atoms with Gasteiger partial charge < -0.3 is 14.2 Å². The normalized spacial score (nSPS) is 12.4. The second kappa shape index (κ2) is 54.0. The Labute approximate surface area is 403 Å². The summed E-state index contributed by atoms with van der Waals surface area (Å²) in [6, 6.07) is 0. The summed E-state index contributed by atoms with van der Waals surface area (Å²) in [7, 11) is 0. The Morgan fingerprint density at radius 2 is 0.600 bits per heavy atom. The van der Waals surface area contributed by atoms with Crippen molar-refractivity contribution in [2.45, 2.75) is 297 Å². The Morgan fingerprint density at radius 3 is 0.938 bits per heavy atom. The number of unbranched alkanes of at least 4 members (excludes halogenated alkanes) is 32. The van der Waals surface area contributed by atoms with Crippen molar-refractivity contribution in [3.05, 3.63) is 48.6 Å². The van der Waals surface area contributed by atoms with Gasteiger partial charge in [0.25, 0.3) is 0 Å². The summed E-state index contributed by atoms with van der Waals surface area (Å²) in [4.78, 5) is 38.0. The average molecular weight is 911 g/mol. The van der Waals surface area contributed by atoms with Gasteiger partial charge in [-0.25, -0.2) is 0 Å². The first kappa shape index (κ1) is 62.4. The van der Waals surface area contributed by atoms with Gasteiger partial charge in [-0.05, 0) is 57.8 Å². The van der Waals surface area contributed by atoms with E-state index in [9.17, 15) is 14.4 Å². The predicted molar refractivity (Wildman–Crippen MR) is 279 cm³/mol. The van der Waals surface area contributed by atoms with E-state index in [4.69, 9.17) is 14.2 Å². The summed E-state index contributed by atoms with van der Waals surface area (Å²) in [5.41, 5.74) is 0. The first-order valence-electron chi connectivity index (χ1n) is 28.1. The first-order chi connectivity index (χ1) is 32.0. The largest absolute Gasteiger partial charge is 0.462 e. The molecule has 0 amide bonds. The van der Waals surface area contributed by atoms with E-state index in [-0.39, 0.29) is 31.1 Å². The predicted octanol–water partition coefficient (Wildman–Crippen LogP) is 18.7. The van der Waals surface area contributed by atoms with E-state index in [1.807, 2.05) is 0 Å². The molecule has 0 aromatic carbocycles. The highest BCUT2D eigenvalue weighted by atomic mass is 16.6. The fraction of sp³-hybridized carbons (Fsp3) is 0.814. The molecule has 0 aliphatic rings. The van der Waals surface area contributed by atoms with Crippen molar-refractivity contribution in [1.29, 1.82) is 0 Å². The summed E-state index contributed by atoms with van der Waals surface area (Å²) in [6.07, 6.45) is 65.4. The van der Waals surface area contributed by atoms with Crippen molar-refractivity contribution in [2.24, 2.45) is 0 Å². The standard InChI is InChI=1S/C59H106O6/c1-4-7-10-13-16-19-21-23-25-27-29-31-32-34-36-38-40-43-46-49-52-58(61)64-55-56(54-63-57(60)51-48-45-42-18-15-12-9-6-3)65-59(62)53-50-47-44-41-39-37-35-33-30-28-26-24-22-20-17-14-11-8-5-2/h8,11,17,20,24,26,30,33,56H,4-7,9-10,12-16,18-19,21-23,25,27-29,31-32,34-55H2,1-3H3/b11-8-,20-17-,26-24-,33-30-. The maximum absolute atomic E-state index is 12.8. The molecule has 0 aliphatic carbocycles. The Kier molecular flexibility index (Phi) is 51.8. The van der Waals surface area contributed by atoms with Crippen LogP contribution in [0, 0.1) is 0 Å². The van der Waals surface area contributed by atoms with Crippen molar-refractivity contribution < 1.29 is 28.6 Å². The van der Waals surface area contributed by atoms with Gasteiger partial charge in [0.2, 0.25) is 0 Å². The van der Waals surface area contributed by atoms with Crippen molar-refractivity contribution >= 4 is 17.9 Å². The zero-order valence-electron chi connectivity index (χ0n) is 43.3. The Bertz CT molecular complexity index is 1140. The molecular formula is C59H106O6. The number of ether oxygens (including phenoxy) is 3. The summed E-state index contributed by atoms with van der Waals surface area (Å²) >= 11 is 0. The van der Waals surface area contributed by atoms with Gasteiger partial charge in [-0.2, -0.15) is 0 Å². The third-order valence-corrected chi connectivity index (χ3v) is 12.3. The van der Waals surface area contributed by atoms with Crippen LogP contribution in [0.2, 0.25) is 0 Å². The van der Waals surface area contributed by atoms with Gasteiger partial charge in [-0.3, -0.25) is 14.4 Å². The van der Waals surface area contributed by atoms with Gasteiger partial charge in [-0.1, -0.05) is 262 Å². The Hall–Kier alpha value is -2.63. The summed E-state index contributed by atoms with van der Waals surface area (Å²) in [5, 5.41) is 0. The van der Waals surface area contributed by atoms with E-state index >= 15 is 0 Å². The van der Waals surface area contributed by atoms with Crippen LogP contribution in [-0.4, -0.2) is 37.2 Å². The minimum absolute atomic E-state index is 0.0753. The van der Waals surface area contributed by atoms with Crippen LogP contribution in [0.25, 0.3) is 0 Å². The number of esters is 3. The second-order valence-electron chi connectivity index (χ2n) is 18.8. The lowest BCUT2D eigenvalue weighted by atomic mass is 10.0. The van der Waals surface area contributed by atoms with Gasteiger partial charge in [0.05, 0.1) is 0 Å². The first-order valence-corrected chi connectivity index (χ1v) is 28.1. The number of allylic oxidation sites excluding steroid dienone is 8. The van der Waals surface area contributed by atoms with Crippen LogP contribution >= 0.6 is 0 Å². The SMILES string of the molecule is CC/C=C\C/C=C\C/C=C\C/C=C\CCCCCCCCC(=O)OC(COC(=O)CCCCCCCCCC)COC(=O)CCCCCCCCCCCCCCCCCCCCCC. The van der Waals surface area contributed by atoms with Crippen LogP contribution < -0.4 is 0 Å². The van der Waals surface area contributed by atoms with Crippen LogP contribution in [0.3, 0.4) is 0 Å². The van der Waals surface area contributed by atoms with Crippen LogP contribution in [0.5, 0.6) is 0 Å². The molecule has 378 valence electrons. The molecule has 0 aromatic rings. The van der Waals surface area contributed by atoms with Gasteiger partial charge in [0.15, 0.2) is 6.10 Å². The third-order valence-electron chi connectivity index (χ3n) is 12.3. The summed E-state index contributed by atoms with van der Waals surface area (Å²) < 4.78 is 16.8. The number of hydrogen-bond donors (Lipinski definition) is 0. The number of carbonyl (C=O) groups excluding carboxylic acids is 3. The molecule has 0 N–H and O–H groups in total. The van der Waals surface area contributed by atoms with Crippen LogP contribution in [0.1, 0.15) is 290 Å². The highest BCUT2D eigenvalue weighted by Crippen LogP contribution is 2.16. The molecule has 1 atom stereocenters. The van der Waals surface area contributed by atoms with E-state index in [1.165, 1.54) is 154 Å². The average Bonchev–Trinajstić information content (AvgIpc) is 3.30. The van der Waals surface area contributed by atoms with Gasteiger partial charge in [0.1, 0.15) is 13.2 Å². The molecule has 0 bridgehead atoms. The highest BCUT2D eigenvalue weighted by Gasteiger charge is 2.19. The fourth-order valence-electron chi connectivity index (χ4n) is 8.14. The molecule has 0 radical (unpaired) electrons. The molecule has 6 heteroatoms. The summed E-state index contributed by atoms with van der Waals surface area (Å²) in [6.45, 7) is 6.52. The summed E-state index contributed by atoms with van der Waals surface area (Å²) in [5.74, 6) is -0.881. The van der Waals surface area contributed by atoms with Crippen molar-refractivity contribution in [3.63, 3.8) is 0 Å². The molecule has 0 aliphatic heterocycles. The van der Waals surface area contributed by atoms with Crippen LogP contribution in [0.15, 0.2) is 48.6 Å². The smallest absolute Gasteiger partial charge is 0.306 e. The van der Waals surface area contributed by atoms with E-state index in [0.717, 1.165) is 96.3 Å². The van der Waals surface area contributed by atoms with E-state index in [0.29, 0.717) is 19.3 Å². The molecule has 0 heterocycles. The highest BCUT2D eigenvalue weighted by molar-refractivity contribution is 5.71. The number of hydrogen-bond acceptors (Lipinski definition) is 6. The molecule has 0 fully saturated rings.